The predicted octanol–water partition coefficient (Wildman–Crippen LogP) is 2.79. The maximum atomic E-state index is 12.6. The molecule has 21 heavy (non-hydrogen) atoms. The van der Waals surface area contributed by atoms with Gasteiger partial charge in [0.05, 0.1) is 0 Å². The van der Waals surface area contributed by atoms with Crippen LogP contribution in [-0.2, 0) is 0 Å². The predicted molar refractivity (Wildman–Crippen MR) is 85.2 cm³/mol. The summed E-state index contributed by atoms with van der Waals surface area (Å²) in [7, 11) is 0. The molecule has 1 heterocycles. The number of carbonyl (C=O) groups is 1. The minimum Gasteiger partial charge on any atom is -0.333 e. The van der Waals surface area contributed by atoms with Crippen LogP contribution in [0.15, 0.2) is 54.6 Å². The van der Waals surface area contributed by atoms with E-state index in [1.165, 1.54) is 5.56 Å². The number of carbonyl (C=O) groups excluding carboxylic acids is 1. The fourth-order valence-electron chi connectivity index (χ4n) is 2.74. The minimum absolute atomic E-state index is 0.128. The summed E-state index contributed by atoms with van der Waals surface area (Å²) in [4.78, 5) is 14.5. The van der Waals surface area contributed by atoms with E-state index in [-0.39, 0.29) is 11.9 Å². The molecule has 1 unspecified atom stereocenters. The Hall–Kier alpha value is -2.13. The lowest BCUT2D eigenvalue weighted by Crippen LogP contribution is -2.52. The van der Waals surface area contributed by atoms with Gasteiger partial charge in [-0.15, -0.1) is 0 Å². The Kier molecular flexibility index (Phi) is 4.02. The molecule has 0 saturated carbocycles. The maximum Gasteiger partial charge on any atom is 0.254 e. The van der Waals surface area contributed by atoms with E-state index < -0.39 is 0 Å². The van der Waals surface area contributed by atoms with Crippen LogP contribution < -0.4 is 5.32 Å². The molecule has 1 aliphatic rings. The number of nitrogens with zero attached hydrogens (tertiary/aromatic N) is 1. The van der Waals surface area contributed by atoms with Gasteiger partial charge in [-0.2, -0.15) is 0 Å². The average Bonchev–Trinajstić information content (AvgIpc) is 2.56. The number of amides is 1. The molecule has 1 atom stereocenters. The highest BCUT2D eigenvalue weighted by Gasteiger charge is 2.23. The summed E-state index contributed by atoms with van der Waals surface area (Å²) in [6.45, 7) is 4.61. The number of hydrogen-bond donors (Lipinski definition) is 1. The van der Waals surface area contributed by atoms with Crippen molar-refractivity contribution < 1.29 is 4.79 Å². The van der Waals surface area contributed by atoms with Crippen LogP contribution in [0.5, 0.6) is 0 Å². The first-order valence-electron chi connectivity index (χ1n) is 7.43. The van der Waals surface area contributed by atoms with Gasteiger partial charge in [-0.3, -0.25) is 4.79 Å². The zero-order chi connectivity index (χ0) is 14.7. The van der Waals surface area contributed by atoms with Crippen LogP contribution >= 0.6 is 0 Å². The molecule has 3 heteroatoms. The van der Waals surface area contributed by atoms with E-state index in [9.17, 15) is 4.79 Å². The van der Waals surface area contributed by atoms with Crippen LogP contribution in [0.4, 0.5) is 0 Å². The summed E-state index contributed by atoms with van der Waals surface area (Å²) in [6, 6.07) is 18.4. The first-order valence-corrected chi connectivity index (χ1v) is 7.43. The summed E-state index contributed by atoms with van der Waals surface area (Å²) in [5.74, 6) is 0.128. The smallest absolute Gasteiger partial charge is 0.254 e. The molecule has 1 N–H and O–H groups in total. The van der Waals surface area contributed by atoms with E-state index in [1.54, 1.807) is 0 Å². The second-order valence-corrected chi connectivity index (χ2v) is 5.50. The first kappa shape index (κ1) is 13.8. The van der Waals surface area contributed by atoms with Crippen molar-refractivity contribution in [3.8, 4) is 11.1 Å². The van der Waals surface area contributed by atoms with Gasteiger partial charge in [0.2, 0.25) is 0 Å². The highest BCUT2D eigenvalue weighted by molar-refractivity contribution is 5.95. The standard InChI is InChI=1S/C18H20N2O/c1-14-13-19-11-12-20(14)18(21)17-9-7-16(8-10-17)15-5-3-2-4-6-15/h2-10,14,19H,11-13H2,1H3. The molecule has 3 nitrogen and oxygen atoms in total. The van der Waals surface area contributed by atoms with Gasteiger partial charge in [0, 0.05) is 31.2 Å². The molecule has 2 aromatic carbocycles. The third kappa shape index (κ3) is 2.98. The average molecular weight is 280 g/mol. The zero-order valence-electron chi connectivity index (χ0n) is 12.3. The third-order valence-corrected chi connectivity index (χ3v) is 4.00. The Morgan fingerprint density at radius 1 is 1.05 bits per heavy atom. The molecule has 0 bridgehead atoms. The van der Waals surface area contributed by atoms with E-state index in [1.807, 2.05) is 47.4 Å². The molecule has 3 rings (SSSR count). The van der Waals surface area contributed by atoms with Crippen LogP contribution in [0.3, 0.4) is 0 Å². The maximum absolute atomic E-state index is 12.6. The lowest BCUT2D eigenvalue weighted by molar-refractivity contribution is 0.0656. The summed E-state index contributed by atoms with van der Waals surface area (Å²) in [5.41, 5.74) is 3.08. The second-order valence-electron chi connectivity index (χ2n) is 5.50. The molecule has 0 aliphatic carbocycles. The van der Waals surface area contributed by atoms with Crippen LogP contribution in [-0.4, -0.2) is 36.5 Å². The zero-order valence-corrected chi connectivity index (χ0v) is 12.3. The SMILES string of the molecule is CC1CNCCN1C(=O)c1ccc(-c2ccccc2)cc1. The van der Waals surface area contributed by atoms with Crippen molar-refractivity contribution in [1.29, 1.82) is 0 Å². The van der Waals surface area contributed by atoms with E-state index >= 15 is 0 Å². The van der Waals surface area contributed by atoms with Gasteiger partial charge in [0.1, 0.15) is 0 Å². The molecule has 2 aromatic rings. The van der Waals surface area contributed by atoms with Crippen molar-refractivity contribution in [3.05, 3.63) is 60.2 Å². The Morgan fingerprint density at radius 2 is 1.71 bits per heavy atom. The van der Waals surface area contributed by atoms with Crippen LogP contribution in [0.1, 0.15) is 17.3 Å². The fraction of sp³-hybridized carbons (Fsp3) is 0.278. The quantitative estimate of drug-likeness (QED) is 0.917. The Bertz CT molecular complexity index is 607. The molecule has 108 valence electrons. The molecule has 1 aliphatic heterocycles. The largest absolute Gasteiger partial charge is 0.333 e. The minimum atomic E-state index is 0.128. The van der Waals surface area contributed by atoms with E-state index in [0.29, 0.717) is 0 Å². The summed E-state index contributed by atoms with van der Waals surface area (Å²) in [6.07, 6.45) is 0. The topological polar surface area (TPSA) is 32.3 Å². The molecular weight excluding hydrogens is 260 g/mol. The lowest BCUT2D eigenvalue weighted by atomic mass is 10.0. The number of rotatable bonds is 2. The molecule has 0 radical (unpaired) electrons. The summed E-state index contributed by atoms with van der Waals surface area (Å²) >= 11 is 0. The van der Waals surface area contributed by atoms with E-state index in [2.05, 4.69) is 24.4 Å². The van der Waals surface area contributed by atoms with E-state index in [0.717, 1.165) is 30.8 Å². The number of benzene rings is 2. The molecule has 1 saturated heterocycles. The molecular formula is C18H20N2O. The van der Waals surface area contributed by atoms with Crippen molar-refractivity contribution in [1.82, 2.24) is 10.2 Å². The van der Waals surface area contributed by atoms with Crippen molar-refractivity contribution in [3.63, 3.8) is 0 Å². The number of hydrogen-bond acceptors (Lipinski definition) is 2. The Morgan fingerprint density at radius 3 is 2.38 bits per heavy atom. The van der Waals surface area contributed by atoms with Gasteiger partial charge in [-0.1, -0.05) is 42.5 Å². The molecule has 0 aromatic heterocycles. The Balaban J connectivity index is 1.79. The second kappa shape index (κ2) is 6.10. The van der Waals surface area contributed by atoms with Crippen molar-refractivity contribution >= 4 is 5.91 Å². The van der Waals surface area contributed by atoms with Crippen molar-refractivity contribution in [2.24, 2.45) is 0 Å². The first-order chi connectivity index (χ1) is 10.3. The highest BCUT2D eigenvalue weighted by atomic mass is 16.2. The fourth-order valence-corrected chi connectivity index (χ4v) is 2.74. The molecule has 0 spiro atoms. The van der Waals surface area contributed by atoms with E-state index in [4.69, 9.17) is 0 Å². The normalized spacial score (nSPS) is 18.5. The monoisotopic (exact) mass is 280 g/mol. The Labute approximate surface area is 125 Å². The number of nitrogens with one attached hydrogen (secondary N) is 1. The lowest BCUT2D eigenvalue weighted by Gasteiger charge is -2.34. The summed E-state index contributed by atoms with van der Waals surface area (Å²) in [5, 5.41) is 3.31. The van der Waals surface area contributed by atoms with Crippen LogP contribution in [0.25, 0.3) is 11.1 Å². The van der Waals surface area contributed by atoms with Crippen LogP contribution in [0, 0.1) is 0 Å². The van der Waals surface area contributed by atoms with Crippen molar-refractivity contribution in [2.75, 3.05) is 19.6 Å². The van der Waals surface area contributed by atoms with Gasteiger partial charge in [-0.25, -0.2) is 0 Å². The molecule has 1 fully saturated rings. The number of piperazine rings is 1. The highest BCUT2D eigenvalue weighted by Crippen LogP contribution is 2.20. The van der Waals surface area contributed by atoms with Gasteiger partial charge in [0.25, 0.3) is 5.91 Å². The van der Waals surface area contributed by atoms with Crippen molar-refractivity contribution in [2.45, 2.75) is 13.0 Å². The van der Waals surface area contributed by atoms with Gasteiger partial charge in [0.15, 0.2) is 0 Å². The molecule has 1 amide bonds. The van der Waals surface area contributed by atoms with Gasteiger partial charge < -0.3 is 10.2 Å². The van der Waals surface area contributed by atoms with Gasteiger partial charge in [-0.05, 0) is 30.2 Å². The third-order valence-electron chi connectivity index (χ3n) is 4.00. The van der Waals surface area contributed by atoms with Gasteiger partial charge >= 0.3 is 0 Å². The van der Waals surface area contributed by atoms with Crippen LogP contribution in [0.2, 0.25) is 0 Å². The summed E-state index contributed by atoms with van der Waals surface area (Å²) < 4.78 is 0.